The molecule has 0 bridgehead atoms. The summed E-state index contributed by atoms with van der Waals surface area (Å²) < 4.78 is 5.51. The van der Waals surface area contributed by atoms with Crippen molar-refractivity contribution in [1.82, 2.24) is 4.98 Å². The lowest BCUT2D eigenvalue weighted by Gasteiger charge is -2.14. The quantitative estimate of drug-likeness (QED) is 0.609. The van der Waals surface area contributed by atoms with E-state index >= 15 is 0 Å². The summed E-state index contributed by atoms with van der Waals surface area (Å²) in [6.07, 6.45) is 0. The number of thiazole rings is 1. The third-order valence-electron chi connectivity index (χ3n) is 2.79. The molecule has 1 heterocycles. The molecule has 0 saturated heterocycles. The first-order valence-corrected chi connectivity index (χ1v) is 7.55. The average molecular weight is 327 g/mol. The Balaban J connectivity index is 2.15. The molecule has 0 unspecified atom stereocenters. The molecule has 7 heteroatoms. The monoisotopic (exact) mass is 326 g/mol. The third kappa shape index (κ3) is 3.92. The number of halogens is 1. The summed E-state index contributed by atoms with van der Waals surface area (Å²) >= 11 is 7.33. The molecule has 0 aliphatic rings. The molecule has 0 N–H and O–H groups in total. The zero-order valence-electron chi connectivity index (χ0n) is 11.9. The largest absolute Gasteiger partial charge is 0.479 e. The maximum Gasteiger partial charge on any atom is 0.311 e. The predicted molar refractivity (Wildman–Crippen MR) is 83.3 cm³/mol. The van der Waals surface area contributed by atoms with Crippen LogP contribution in [0.5, 0.6) is 5.75 Å². The minimum absolute atomic E-state index is 0.0310. The molecule has 112 valence electrons. The maximum absolute atomic E-state index is 10.9. The second-order valence-corrected chi connectivity index (χ2v) is 6.91. The summed E-state index contributed by atoms with van der Waals surface area (Å²) in [5.41, 5.74) is 0.843. The van der Waals surface area contributed by atoms with Crippen molar-refractivity contribution in [2.24, 2.45) is 0 Å². The van der Waals surface area contributed by atoms with Crippen LogP contribution in [0.25, 0.3) is 0 Å². The molecule has 0 spiro atoms. The molecule has 1 aromatic carbocycles. The number of nitro benzene ring substituents is 1. The van der Waals surface area contributed by atoms with Gasteiger partial charge in [0, 0.05) is 28.0 Å². The van der Waals surface area contributed by atoms with E-state index in [1.165, 1.54) is 29.5 Å². The minimum atomic E-state index is -0.492. The molecule has 5 nitrogen and oxygen atoms in total. The van der Waals surface area contributed by atoms with Crippen LogP contribution in [-0.4, -0.2) is 9.91 Å². The molecule has 1 aromatic heterocycles. The molecule has 0 fully saturated rings. The molecule has 0 saturated carbocycles. The molecular formula is C14H15ClN2O3S. The van der Waals surface area contributed by atoms with E-state index in [2.05, 4.69) is 25.8 Å². The highest BCUT2D eigenvalue weighted by atomic mass is 35.5. The summed E-state index contributed by atoms with van der Waals surface area (Å²) in [4.78, 5) is 14.9. The molecule has 2 aromatic rings. The van der Waals surface area contributed by atoms with E-state index in [9.17, 15) is 10.1 Å². The standard InChI is InChI=1S/C14H15ClN2O3S/c1-14(2,3)12-8-21-13(16-12)7-20-11-6-9(15)4-5-10(11)17(18)19/h4-6,8H,7H2,1-3H3. The number of hydrogen-bond donors (Lipinski definition) is 0. The molecule has 0 amide bonds. The van der Waals surface area contributed by atoms with Gasteiger partial charge in [-0.3, -0.25) is 10.1 Å². The van der Waals surface area contributed by atoms with Crippen molar-refractivity contribution in [2.45, 2.75) is 32.8 Å². The first kappa shape index (κ1) is 15.7. The lowest BCUT2D eigenvalue weighted by atomic mass is 9.93. The van der Waals surface area contributed by atoms with Gasteiger partial charge in [0.25, 0.3) is 0 Å². The molecule has 0 atom stereocenters. The second kappa shape index (κ2) is 5.99. The van der Waals surface area contributed by atoms with Crippen molar-refractivity contribution in [3.63, 3.8) is 0 Å². The Hall–Kier alpha value is -1.66. The van der Waals surface area contributed by atoms with Crippen LogP contribution in [0.1, 0.15) is 31.5 Å². The van der Waals surface area contributed by atoms with Gasteiger partial charge < -0.3 is 4.74 Å². The van der Waals surface area contributed by atoms with E-state index in [1.807, 2.05) is 5.38 Å². The van der Waals surface area contributed by atoms with Crippen LogP contribution in [0.15, 0.2) is 23.6 Å². The molecule has 2 rings (SSSR count). The van der Waals surface area contributed by atoms with Crippen LogP contribution in [0.2, 0.25) is 5.02 Å². The Labute approximate surface area is 131 Å². The van der Waals surface area contributed by atoms with Crippen molar-refractivity contribution in [3.8, 4) is 5.75 Å². The van der Waals surface area contributed by atoms with E-state index in [0.717, 1.165) is 10.7 Å². The predicted octanol–water partition coefficient (Wildman–Crippen LogP) is 4.58. The van der Waals surface area contributed by atoms with Crippen LogP contribution >= 0.6 is 22.9 Å². The van der Waals surface area contributed by atoms with Gasteiger partial charge in [-0.2, -0.15) is 0 Å². The van der Waals surface area contributed by atoms with Gasteiger partial charge >= 0.3 is 5.69 Å². The normalized spacial score (nSPS) is 11.4. The van der Waals surface area contributed by atoms with E-state index in [1.54, 1.807) is 0 Å². The van der Waals surface area contributed by atoms with Crippen molar-refractivity contribution in [3.05, 3.63) is 49.4 Å². The number of rotatable bonds is 4. The van der Waals surface area contributed by atoms with Crippen LogP contribution in [0, 0.1) is 10.1 Å². The molecule has 0 aliphatic carbocycles. The molecule has 21 heavy (non-hydrogen) atoms. The molecule has 0 radical (unpaired) electrons. The van der Waals surface area contributed by atoms with Crippen molar-refractivity contribution >= 4 is 28.6 Å². The van der Waals surface area contributed by atoms with Gasteiger partial charge in [0.1, 0.15) is 11.6 Å². The zero-order chi connectivity index (χ0) is 15.6. The van der Waals surface area contributed by atoms with E-state index < -0.39 is 4.92 Å². The highest BCUT2D eigenvalue weighted by molar-refractivity contribution is 7.09. The first-order chi connectivity index (χ1) is 9.77. The number of aromatic nitrogens is 1. The van der Waals surface area contributed by atoms with E-state index in [-0.39, 0.29) is 23.5 Å². The fourth-order valence-electron chi connectivity index (χ4n) is 1.62. The third-order valence-corrected chi connectivity index (χ3v) is 3.85. The van der Waals surface area contributed by atoms with Crippen molar-refractivity contribution < 1.29 is 9.66 Å². The molecule has 0 aliphatic heterocycles. The number of nitro groups is 1. The number of nitrogens with zero attached hydrogens (tertiary/aromatic N) is 2. The summed E-state index contributed by atoms with van der Waals surface area (Å²) in [6.45, 7) is 6.42. The summed E-state index contributed by atoms with van der Waals surface area (Å²) in [5.74, 6) is 0.153. The second-order valence-electron chi connectivity index (χ2n) is 5.53. The van der Waals surface area contributed by atoms with Gasteiger partial charge in [-0.1, -0.05) is 32.4 Å². The lowest BCUT2D eigenvalue weighted by molar-refractivity contribution is -0.385. The Morgan fingerprint density at radius 2 is 2.14 bits per heavy atom. The number of hydrogen-bond acceptors (Lipinski definition) is 5. The van der Waals surface area contributed by atoms with Gasteiger partial charge in [-0.25, -0.2) is 4.98 Å². The highest BCUT2D eigenvalue weighted by Gasteiger charge is 2.19. The van der Waals surface area contributed by atoms with Crippen molar-refractivity contribution in [1.29, 1.82) is 0 Å². The number of benzene rings is 1. The summed E-state index contributed by atoms with van der Waals surface area (Å²) in [6, 6.07) is 4.24. The maximum atomic E-state index is 10.9. The van der Waals surface area contributed by atoms with E-state index in [0.29, 0.717) is 5.02 Å². The highest BCUT2D eigenvalue weighted by Crippen LogP contribution is 2.31. The Kier molecular flexibility index (Phi) is 4.49. The van der Waals surface area contributed by atoms with Crippen LogP contribution in [0.4, 0.5) is 5.69 Å². The van der Waals surface area contributed by atoms with Gasteiger partial charge in [-0.05, 0) is 6.07 Å². The fraction of sp³-hybridized carbons (Fsp3) is 0.357. The van der Waals surface area contributed by atoms with Gasteiger partial charge in [0.15, 0.2) is 5.75 Å². The minimum Gasteiger partial charge on any atom is -0.479 e. The Morgan fingerprint density at radius 3 is 2.71 bits per heavy atom. The first-order valence-electron chi connectivity index (χ1n) is 6.29. The van der Waals surface area contributed by atoms with Gasteiger partial charge in [-0.15, -0.1) is 11.3 Å². The van der Waals surface area contributed by atoms with E-state index in [4.69, 9.17) is 16.3 Å². The smallest absolute Gasteiger partial charge is 0.311 e. The Bertz CT molecular complexity index is 664. The topological polar surface area (TPSA) is 65.3 Å². The van der Waals surface area contributed by atoms with Gasteiger partial charge in [0.05, 0.1) is 10.6 Å². The van der Waals surface area contributed by atoms with Crippen molar-refractivity contribution in [2.75, 3.05) is 0 Å². The summed E-state index contributed by atoms with van der Waals surface area (Å²) in [7, 11) is 0. The fourth-order valence-corrected chi connectivity index (χ4v) is 2.71. The Morgan fingerprint density at radius 1 is 1.43 bits per heavy atom. The lowest BCUT2D eigenvalue weighted by Crippen LogP contribution is -2.11. The van der Waals surface area contributed by atoms with Crippen LogP contribution < -0.4 is 4.74 Å². The summed E-state index contributed by atoms with van der Waals surface area (Å²) in [5, 5.41) is 14.1. The average Bonchev–Trinajstić information content (AvgIpc) is 2.84. The SMILES string of the molecule is CC(C)(C)c1csc(COc2cc(Cl)ccc2[N+](=O)[O-])n1. The van der Waals surface area contributed by atoms with Gasteiger partial charge in [0.2, 0.25) is 0 Å². The molecular weight excluding hydrogens is 312 g/mol. The van der Waals surface area contributed by atoms with Crippen LogP contribution in [0.3, 0.4) is 0 Å². The van der Waals surface area contributed by atoms with Crippen LogP contribution in [-0.2, 0) is 12.0 Å². The number of ether oxygens (including phenoxy) is 1. The zero-order valence-corrected chi connectivity index (χ0v) is 13.5.